The van der Waals surface area contributed by atoms with E-state index in [-0.39, 0.29) is 35.1 Å². The minimum atomic E-state index is -1.06. The summed E-state index contributed by atoms with van der Waals surface area (Å²) in [6.07, 6.45) is 13.5. The average molecular weight is 459 g/mol. The van der Waals surface area contributed by atoms with Gasteiger partial charge in [0.15, 0.2) is 0 Å². The molecule has 25 heavy (non-hydrogen) atoms. The Morgan fingerprint density at radius 1 is 0.560 bits per heavy atom. The van der Waals surface area contributed by atoms with Crippen LogP contribution in [0.2, 0.25) is 0 Å². The summed E-state index contributed by atoms with van der Waals surface area (Å²) in [5.74, 6) is -2.13. The molecule has 0 aromatic rings. The molecule has 0 heterocycles. The zero-order chi connectivity index (χ0) is 18.2. The third-order valence-corrected chi connectivity index (χ3v) is 4.44. The number of carboxylic acids is 2. The Labute approximate surface area is 170 Å². The van der Waals surface area contributed by atoms with Gasteiger partial charge in [-0.3, -0.25) is 0 Å². The van der Waals surface area contributed by atoms with Crippen molar-refractivity contribution >= 4 is 35.8 Å². The van der Waals surface area contributed by atoms with Crippen LogP contribution < -0.4 is 0 Å². The van der Waals surface area contributed by atoms with E-state index in [0.717, 1.165) is 38.5 Å². The Hall–Kier alpha value is -0.521. The van der Waals surface area contributed by atoms with Gasteiger partial charge in [-0.1, -0.05) is 78.1 Å². The van der Waals surface area contributed by atoms with Crippen LogP contribution in [0.3, 0.4) is 0 Å². The summed E-state index contributed by atoms with van der Waals surface area (Å²) >= 11 is 0. The molecular formula is C20H36O4Sn. The molecule has 2 N–H and O–H groups in total. The van der Waals surface area contributed by atoms with Gasteiger partial charge in [-0.2, -0.15) is 0 Å². The molecule has 0 amide bonds. The third-order valence-electron chi connectivity index (χ3n) is 4.44. The Bertz CT molecular complexity index is 355. The summed E-state index contributed by atoms with van der Waals surface area (Å²) in [4.78, 5) is 22.9. The first-order valence-corrected chi connectivity index (χ1v) is 9.73. The van der Waals surface area contributed by atoms with E-state index in [1.165, 1.54) is 38.5 Å². The van der Waals surface area contributed by atoms with E-state index < -0.39 is 11.9 Å². The molecule has 144 valence electrons. The van der Waals surface area contributed by atoms with Gasteiger partial charge in [0, 0.05) is 35.1 Å². The molecular weight excluding hydrogens is 423 g/mol. The molecule has 0 rings (SSSR count). The maximum atomic E-state index is 11.5. The smallest absolute Gasteiger partial charge is 0.332 e. The van der Waals surface area contributed by atoms with Gasteiger partial charge < -0.3 is 10.2 Å². The van der Waals surface area contributed by atoms with Crippen LogP contribution in [-0.4, -0.2) is 46.1 Å². The van der Waals surface area contributed by atoms with Crippen molar-refractivity contribution in [1.29, 1.82) is 0 Å². The molecule has 0 aromatic heterocycles. The summed E-state index contributed by atoms with van der Waals surface area (Å²) < 4.78 is 0. The number of carbonyl (C=O) groups is 2. The van der Waals surface area contributed by atoms with Crippen molar-refractivity contribution in [1.82, 2.24) is 0 Å². The second kappa shape index (κ2) is 18.3. The van der Waals surface area contributed by atoms with Crippen LogP contribution in [0, 0.1) is 0 Å². The van der Waals surface area contributed by atoms with Gasteiger partial charge in [-0.05, 0) is 25.7 Å². The standard InChI is InChI=1S/C20H36O4.Sn/c1-3-5-7-9-11-13-15-17(19(21)22)18(20(23)24)16-14-12-10-8-6-4-2;/h3-16H2,1-2H3,(H,21,22)(H,23,24);/b18-17-;. The first kappa shape index (κ1) is 26.7. The number of hydrogen-bond donors (Lipinski definition) is 2. The third kappa shape index (κ3) is 14.3. The fourth-order valence-electron chi connectivity index (χ4n) is 2.94. The Kier molecular flexibility index (Phi) is 19.5. The second-order valence-electron chi connectivity index (χ2n) is 6.60. The van der Waals surface area contributed by atoms with Crippen LogP contribution in [0.15, 0.2) is 11.1 Å². The summed E-state index contributed by atoms with van der Waals surface area (Å²) in [5.41, 5.74) is 0.234. The average Bonchev–Trinajstić information content (AvgIpc) is 2.54. The molecule has 0 aliphatic carbocycles. The van der Waals surface area contributed by atoms with E-state index in [2.05, 4.69) is 13.8 Å². The van der Waals surface area contributed by atoms with Gasteiger partial charge in [0.05, 0.1) is 0 Å². The van der Waals surface area contributed by atoms with E-state index in [9.17, 15) is 19.8 Å². The van der Waals surface area contributed by atoms with E-state index >= 15 is 0 Å². The van der Waals surface area contributed by atoms with E-state index in [4.69, 9.17) is 0 Å². The summed E-state index contributed by atoms with van der Waals surface area (Å²) in [7, 11) is 0. The Morgan fingerprint density at radius 2 is 0.840 bits per heavy atom. The minimum absolute atomic E-state index is 0. The monoisotopic (exact) mass is 460 g/mol. The zero-order valence-corrected chi connectivity index (χ0v) is 19.0. The summed E-state index contributed by atoms with van der Waals surface area (Å²) in [6.45, 7) is 4.32. The molecule has 0 spiro atoms. The van der Waals surface area contributed by atoms with Crippen LogP contribution in [-0.2, 0) is 9.59 Å². The van der Waals surface area contributed by atoms with E-state index in [1.54, 1.807) is 0 Å². The van der Waals surface area contributed by atoms with Gasteiger partial charge in [0.25, 0.3) is 0 Å². The quantitative estimate of drug-likeness (QED) is 0.180. The largest absolute Gasteiger partial charge is 0.478 e. The van der Waals surface area contributed by atoms with Gasteiger partial charge in [-0.15, -0.1) is 0 Å². The molecule has 0 unspecified atom stereocenters. The first-order valence-electron chi connectivity index (χ1n) is 9.73. The SMILES string of the molecule is CCCCCCCC/C(C(=O)O)=C(\CCCCCCCC)C(=O)O.[Sn]. The summed E-state index contributed by atoms with van der Waals surface area (Å²) in [5, 5.41) is 18.8. The van der Waals surface area contributed by atoms with Crippen LogP contribution in [0.4, 0.5) is 0 Å². The molecule has 0 aliphatic heterocycles. The molecule has 0 saturated carbocycles. The molecule has 5 heteroatoms. The molecule has 0 atom stereocenters. The van der Waals surface area contributed by atoms with E-state index in [1.807, 2.05) is 0 Å². The molecule has 0 aliphatic rings. The van der Waals surface area contributed by atoms with Crippen molar-refractivity contribution in [3.8, 4) is 0 Å². The van der Waals surface area contributed by atoms with Crippen LogP contribution in [0.5, 0.6) is 0 Å². The topological polar surface area (TPSA) is 74.6 Å². The number of carboxylic acid groups (broad SMARTS) is 2. The molecule has 0 bridgehead atoms. The summed E-state index contributed by atoms with van der Waals surface area (Å²) in [6, 6.07) is 0. The second-order valence-corrected chi connectivity index (χ2v) is 6.60. The van der Waals surface area contributed by atoms with Gasteiger partial charge in [0.1, 0.15) is 0 Å². The predicted octanol–water partition coefficient (Wildman–Crippen LogP) is 5.57. The Balaban J connectivity index is 0. The van der Waals surface area contributed by atoms with Crippen molar-refractivity contribution < 1.29 is 19.8 Å². The van der Waals surface area contributed by atoms with Gasteiger partial charge >= 0.3 is 11.9 Å². The maximum absolute atomic E-state index is 11.5. The van der Waals surface area contributed by atoms with Gasteiger partial charge in [0.2, 0.25) is 0 Å². The van der Waals surface area contributed by atoms with Crippen molar-refractivity contribution in [3.05, 3.63) is 11.1 Å². The van der Waals surface area contributed by atoms with Crippen LogP contribution >= 0.6 is 0 Å². The fraction of sp³-hybridized carbons (Fsp3) is 0.800. The molecule has 4 radical (unpaired) electrons. The van der Waals surface area contributed by atoms with Gasteiger partial charge in [-0.25, -0.2) is 9.59 Å². The predicted molar refractivity (Wildman–Crippen MR) is 104 cm³/mol. The maximum Gasteiger partial charge on any atom is 0.332 e. The number of aliphatic carboxylic acids is 2. The number of unbranched alkanes of at least 4 members (excludes halogenated alkanes) is 10. The number of hydrogen-bond acceptors (Lipinski definition) is 2. The van der Waals surface area contributed by atoms with Crippen molar-refractivity contribution in [2.45, 2.75) is 104 Å². The molecule has 0 saturated heterocycles. The van der Waals surface area contributed by atoms with Crippen molar-refractivity contribution in [2.75, 3.05) is 0 Å². The van der Waals surface area contributed by atoms with Crippen LogP contribution in [0.25, 0.3) is 0 Å². The minimum Gasteiger partial charge on any atom is -0.478 e. The first-order chi connectivity index (χ1) is 11.5. The Morgan fingerprint density at radius 3 is 1.12 bits per heavy atom. The zero-order valence-electron chi connectivity index (χ0n) is 16.1. The van der Waals surface area contributed by atoms with E-state index in [0.29, 0.717) is 12.8 Å². The fourth-order valence-corrected chi connectivity index (χ4v) is 2.94. The normalized spacial score (nSPS) is 11.6. The molecule has 0 aromatic carbocycles. The number of rotatable bonds is 16. The van der Waals surface area contributed by atoms with Crippen molar-refractivity contribution in [2.24, 2.45) is 0 Å². The van der Waals surface area contributed by atoms with Crippen molar-refractivity contribution in [3.63, 3.8) is 0 Å². The van der Waals surface area contributed by atoms with Crippen LogP contribution in [0.1, 0.15) is 104 Å². The molecule has 4 nitrogen and oxygen atoms in total. The molecule has 0 fully saturated rings.